The van der Waals surface area contributed by atoms with Gasteiger partial charge in [-0.05, 0) is 60.3 Å². The van der Waals surface area contributed by atoms with Crippen molar-refractivity contribution in [3.8, 4) is 0 Å². The standard InChI is InChI=1S/C13H19BrN2O2S/c1-13(2)6-3-7-16(13)19(17,18)12-5-4-10(9-15)8-11(12)14/h4-5,8H,3,6-7,9,15H2,1-2H3. The zero-order chi connectivity index (χ0) is 14.3. The summed E-state index contributed by atoms with van der Waals surface area (Å²) in [6.45, 7) is 4.92. The van der Waals surface area contributed by atoms with Gasteiger partial charge in [0.1, 0.15) is 0 Å². The molecule has 2 N–H and O–H groups in total. The van der Waals surface area contributed by atoms with Crippen molar-refractivity contribution < 1.29 is 8.42 Å². The second kappa shape index (κ2) is 5.16. The van der Waals surface area contributed by atoms with Crippen molar-refractivity contribution in [1.29, 1.82) is 0 Å². The maximum Gasteiger partial charge on any atom is 0.244 e. The van der Waals surface area contributed by atoms with Crippen LogP contribution in [0.3, 0.4) is 0 Å². The fraction of sp³-hybridized carbons (Fsp3) is 0.538. The lowest BCUT2D eigenvalue weighted by Gasteiger charge is -2.30. The summed E-state index contributed by atoms with van der Waals surface area (Å²) in [6, 6.07) is 5.17. The summed E-state index contributed by atoms with van der Waals surface area (Å²) in [7, 11) is -3.46. The molecule has 0 bridgehead atoms. The molecule has 19 heavy (non-hydrogen) atoms. The summed E-state index contributed by atoms with van der Waals surface area (Å²) >= 11 is 3.35. The van der Waals surface area contributed by atoms with E-state index in [4.69, 9.17) is 5.73 Å². The molecule has 0 aliphatic carbocycles. The van der Waals surface area contributed by atoms with E-state index in [0.717, 1.165) is 18.4 Å². The summed E-state index contributed by atoms with van der Waals surface area (Å²) in [6.07, 6.45) is 1.80. The van der Waals surface area contributed by atoms with Crippen LogP contribution in [0, 0.1) is 0 Å². The van der Waals surface area contributed by atoms with Crippen LogP contribution in [0.4, 0.5) is 0 Å². The second-order valence-corrected chi connectivity index (χ2v) is 8.15. The van der Waals surface area contributed by atoms with E-state index in [1.165, 1.54) is 0 Å². The van der Waals surface area contributed by atoms with Gasteiger partial charge in [0.15, 0.2) is 0 Å². The van der Waals surface area contributed by atoms with E-state index < -0.39 is 10.0 Å². The quantitative estimate of drug-likeness (QED) is 0.914. The van der Waals surface area contributed by atoms with Gasteiger partial charge in [0, 0.05) is 23.1 Å². The van der Waals surface area contributed by atoms with E-state index in [0.29, 0.717) is 22.5 Å². The Morgan fingerprint density at radius 3 is 2.58 bits per heavy atom. The van der Waals surface area contributed by atoms with Crippen LogP contribution >= 0.6 is 15.9 Å². The van der Waals surface area contributed by atoms with Gasteiger partial charge in [-0.25, -0.2) is 8.42 Å². The predicted octanol–water partition coefficient (Wildman–Crippen LogP) is 2.47. The molecule has 0 radical (unpaired) electrons. The van der Waals surface area contributed by atoms with Crippen LogP contribution in [0.25, 0.3) is 0 Å². The zero-order valence-corrected chi connectivity index (χ0v) is 13.6. The summed E-state index contributed by atoms with van der Waals surface area (Å²) in [5, 5.41) is 0. The van der Waals surface area contributed by atoms with Gasteiger partial charge in [-0.3, -0.25) is 0 Å². The molecule has 1 aromatic rings. The maximum absolute atomic E-state index is 12.7. The molecule has 2 rings (SSSR count). The molecule has 1 fully saturated rings. The van der Waals surface area contributed by atoms with E-state index in [1.807, 2.05) is 13.8 Å². The summed E-state index contributed by atoms with van der Waals surface area (Å²) in [5.41, 5.74) is 6.16. The Labute approximate surface area is 123 Å². The smallest absolute Gasteiger partial charge is 0.244 e. The van der Waals surface area contributed by atoms with Gasteiger partial charge in [0.25, 0.3) is 0 Å². The average Bonchev–Trinajstić information content (AvgIpc) is 2.69. The molecule has 0 spiro atoms. The third-order valence-electron chi connectivity index (χ3n) is 3.62. The molecule has 0 atom stereocenters. The normalized spacial score (nSPS) is 19.8. The van der Waals surface area contributed by atoms with Crippen LogP contribution in [0.15, 0.2) is 27.6 Å². The lowest BCUT2D eigenvalue weighted by molar-refractivity contribution is 0.291. The van der Waals surface area contributed by atoms with E-state index >= 15 is 0 Å². The van der Waals surface area contributed by atoms with E-state index in [-0.39, 0.29) is 5.54 Å². The van der Waals surface area contributed by atoms with Crippen molar-refractivity contribution in [2.24, 2.45) is 5.73 Å². The van der Waals surface area contributed by atoms with Gasteiger partial charge < -0.3 is 5.73 Å². The van der Waals surface area contributed by atoms with Crippen molar-refractivity contribution in [3.05, 3.63) is 28.2 Å². The van der Waals surface area contributed by atoms with Crippen molar-refractivity contribution in [2.45, 2.75) is 43.7 Å². The Morgan fingerprint density at radius 2 is 2.11 bits per heavy atom. The third kappa shape index (κ3) is 2.72. The highest BCUT2D eigenvalue weighted by molar-refractivity contribution is 9.10. The van der Waals surface area contributed by atoms with Gasteiger partial charge in [-0.2, -0.15) is 4.31 Å². The molecule has 1 heterocycles. The minimum atomic E-state index is -3.46. The van der Waals surface area contributed by atoms with E-state index in [9.17, 15) is 8.42 Å². The molecule has 0 saturated carbocycles. The Balaban J connectivity index is 2.46. The topological polar surface area (TPSA) is 63.4 Å². The molecule has 1 saturated heterocycles. The SMILES string of the molecule is CC1(C)CCCN1S(=O)(=O)c1ccc(CN)cc1Br. The first kappa shape index (κ1) is 15.0. The summed E-state index contributed by atoms with van der Waals surface area (Å²) in [4.78, 5) is 0.319. The molecule has 106 valence electrons. The monoisotopic (exact) mass is 346 g/mol. The number of hydrogen-bond acceptors (Lipinski definition) is 3. The highest BCUT2D eigenvalue weighted by Gasteiger charge is 2.41. The lowest BCUT2D eigenvalue weighted by Crippen LogP contribution is -2.42. The molecule has 0 amide bonds. The molecular weight excluding hydrogens is 328 g/mol. The molecule has 1 aliphatic rings. The molecule has 1 aliphatic heterocycles. The van der Waals surface area contributed by atoms with Gasteiger partial charge in [-0.1, -0.05) is 6.07 Å². The molecule has 1 aromatic carbocycles. The minimum Gasteiger partial charge on any atom is -0.326 e. The van der Waals surface area contributed by atoms with Crippen molar-refractivity contribution in [2.75, 3.05) is 6.54 Å². The van der Waals surface area contributed by atoms with Crippen LogP contribution < -0.4 is 5.73 Å². The average molecular weight is 347 g/mol. The summed E-state index contributed by atoms with van der Waals surface area (Å²) in [5.74, 6) is 0. The number of benzene rings is 1. The fourth-order valence-corrected chi connectivity index (χ4v) is 5.46. The predicted molar refractivity (Wildman–Crippen MR) is 79.2 cm³/mol. The highest BCUT2D eigenvalue weighted by atomic mass is 79.9. The molecule has 0 unspecified atom stereocenters. The van der Waals surface area contributed by atoms with Gasteiger partial charge >= 0.3 is 0 Å². The number of rotatable bonds is 3. The Hall–Kier alpha value is -0.430. The van der Waals surface area contributed by atoms with Gasteiger partial charge in [0.2, 0.25) is 10.0 Å². The van der Waals surface area contributed by atoms with Crippen LogP contribution in [-0.2, 0) is 16.6 Å². The van der Waals surface area contributed by atoms with Crippen molar-refractivity contribution in [3.63, 3.8) is 0 Å². The van der Waals surface area contributed by atoms with Gasteiger partial charge in [0.05, 0.1) is 4.90 Å². The third-order valence-corrected chi connectivity index (χ3v) is 6.71. The Kier molecular flexibility index (Phi) is 4.07. The number of halogens is 1. The maximum atomic E-state index is 12.7. The van der Waals surface area contributed by atoms with E-state index in [2.05, 4.69) is 15.9 Å². The molecule has 4 nitrogen and oxygen atoms in total. The van der Waals surface area contributed by atoms with Crippen LogP contribution in [0.5, 0.6) is 0 Å². The van der Waals surface area contributed by atoms with Gasteiger partial charge in [-0.15, -0.1) is 0 Å². The lowest BCUT2D eigenvalue weighted by atomic mass is 10.0. The number of nitrogens with two attached hydrogens (primary N) is 1. The first-order chi connectivity index (χ1) is 8.79. The van der Waals surface area contributed by atoms with E-state index in [1.54, 1.807) is 22.5 Å². The molecular formula is C13H19BrN2O2S. The largest absolute Gasteiger partial charge is 0.326 e. The first-order valence-electron chi connectivity index (χ1n) is 6.30. The fourth-order valence-electron chi connectivity index (χ4n) is 2.53. The van der Waals surface area contributed by atoms with Crippen LogP contribution in [0.2, 0.25) is 0 Å². The Morgan fingerprint density at radius 1 is 1.42 bits per heavy atom. The van der Waals surface area contributed by atoms with Crippen molar-refractivity contribution in [1.82, 2.24) is 4.31 Å². The van der Waals surface area contributed by atoms with Crippen LogP contribution in [0.1, 0.15) is 32.3 Å². The number of nitrogens with zero attached hydrogens (tertiary/aromatic N) is 1. The first-order valence-corrected chi connectivity index (χ1v) is 8.54. The number of hydrogen-bond donors (Lipinski definition) is 1. The minimum absolute atomic E-state index is 0.315. The molecule has 6 heteroatoms. The second-order valence-electron chi connectivity index (χ2n) is 5.46. The molecule has 0 aromatic heterocycles. The van der Waals surface area contributed by atoms with Crippen LogP contribution in [-0.4, -0.2) is 24.8 Å². The number of sulfonamides is 1. The highest BCUT2D eigenvalue weighted by Crippen LogP contribution is 2.36. The van der Waals surface area contributed by atoms with Crippen molar-refractivity contribution >= 4 is 26.0 Å². The summed E-state index contributed by atoms with van der Waals surface area (Å²) < 4.78 is 27.7. The Bertz CT molecular complexity index is 584. The zero-order valence-electron chi connectivity index (χ0n) is 11.2.